The van der Waals surface area contributed by atoms with Gasteiger partial charge in [-0.1, -0.05) is 12.1 Å². The number of benzene rings is 1. The molecule has 2 heterocycles. The number of nitrogens with zero attached hydrogens (tertiary/aromatic N) is 3. The number of aliphatic hydroxyl groups excluding tert-OH is 1. The molecule has 1 N–H and O–H groups in total. The SMILES string of the molecule is OCCn1nc(-c2ccncc2)cc1Cc1ccc(F)cc1. The number of pyridine rings is 1. The van der Waals surface area contributed by atoms with Gasteiger partial charge < -0.3 is 5.11 Å². The first-order valence-corrected chi connectivity index (χ1v) is 7.08. The third kappa shape index (κ3) is 3.20. The lowest BCUT2D eigenvalue weighted by Gasteiger charge is -2.05. The molecule has 0 bridgehead atoms. The Labute approximate surface area is 127 Å². The fourth-order valence-electron chi connectivity index (χ4n) is 2.36. The highest BCUT2D eigenvalue weighted by molar-refractivity contribution is 5.58. The van der Waals surface area contributed by atoms with E-state index in [2.05, 4.69) is 10.1 Å². The van der Waals surface area contributed by atoms with Crippen LogP contribution >= 0.6 is 0 Å². The Morgan fingerprint density at radius 2 is 1.77 bits per heavy atom. The molecule has 0 atom stereocenters. The van der Waals surface area contributed by atoms with E-state index in [-0.39, 0.29) is 12.4 Å². The van der Waals surface area contributed by atoms with Gasteiger partial charge in [0.2, 0.25) is 0 Å². The molecule has 0 aliphatic carbocycles. The van der Waals surface area contributed by atoms with Gasteiger partial charge in [-0.25, -0.2) is 4.39 Å². The lowest BCUT2D eigenvalue weighted by Crippen LogP contribution is -2.08. The predicted molar refractivity (Wildman–Crippen MR) is 81.7 cm³/mol. The highest BCUT2D eigenvalue weighted by Gasteiger charge is 2.10. The second kappa shape index (κ2) is 6.49. The number of rotatable bonds is 5. The second-order valence-electron chi connectivity index (χ2n) is 5.01. The Balaban J connectivity index is 1.92. The third-order valence-corrected chi connectivity index (χ3v) is 3.45. The minimum Gasteiger partial charge on any atom is -0.394 e. The molecule has 0 radical (unpaired) electrons. The van der Waals surface area contributed by atoms with Crippen LogP contribution in [0.4, 0.5) is 4.39 Å². The molecular formula is C17H16FN3O. The van der Waals surface area contributed by atoms with Gasteiger partial charge in [-0.3, -0.25) is 9.67 Å². The maximum Gasteiger partial charge on any atom is 0.123 e. The van der Waals surface area contributed by atoms with Crippen LogP contribution in [0.25, 0.3) is 11.3 Å². The van der Waals surface area contributed by atoms with Crippen molar-refractivity contribution in [1.29, 1.82) is 0 Å². The highest BCUT2D eigenvalue weighted by Crippen LogP contribution is 2.20. The summed E-state index contributed by atoms with van der Waals surface area (Å²) in [5.74, 6) is -0.245. The molecule has 0 saturated heterocycles. The van der Waals surface area contributed by atoms with Gasteiger partial charge >= 0.3 is 0 Å². The van der Waals surface area contributed by atoms with E-state index in [4.69, 9.17) is 0 Å². The second-order valence-corrected chi connectivity index (χ2v) is 5.01. The van der Waals surface area contributed by atoms with Gasteiger partial charge in [-0.05, 0) is 35.9 Å². The fourth-order valence-corrected chi connectivity index (χ4v) is 2.36. The molecule has 2 aromatic heterocycles. The maximum atomic E-state index is 13.0. The van der Waals surface area contributed by atoms with Crippen LogP contribution in [0, 0.1) is 5.82 Å². The van der Waals surface area contributed by atoms with Gasteiger partial charge in [0.05, 0.1) is 18.8 Å². The van der Waals surface area contributed by atoms with E-state index in [0.29, 0.717) is 13.0 Å². The van der Waals surface area contributed by atoms with E-state index in [1.165, 1.54) is 12.1 Å². The maximum absolute atomic E-state index is 13.0. The molecule has 3 rings (SSSR count). The summed E-state index contributed by atoms with van der Waals surface area (Å²) in [5.41, 5.74) is 3.80. The summed E-state index contributed by atoms with van der Waals surface area (Å²) >= 11 is 0. The van der Waals surface area contributed by atoms with Crippen molar-refractivity contribution in [3.05, 3.63) is 71.9 Å². The zero-order valence-corrected chi connectivity index (χ0v) is 12.0. The van der Waals surface area contributed by atoms with Crippen molar-refractivity contribution >= 4 is 0 Å². The number of halogens is 1. The van der Waals surface area contributed by atoms with Gasteiger partial charge in [0.15, 0.2) is 0 Å². The van der Waals surface area contributed by atoms with Gasteiger partial charge in [-0.2, -0.15) is 5.10 Å². The zero-order valence-electron chi connectivity index (χ0n) is 12.0. The molecule has 4 nitrogen and oxygen atoms in total. The minimum absolute atomic E-state index is 0.0217. The average Bonchev–Trinajstić information content (AvgIpc) is 2.94. The highest BCUT2D eigenvalue weighted by atomic mass is 19.1. The molecule has 1 aromatic carbocycles. The van der Waals surface area contributed by atoms with Crippen LogP contribution in [0.1, 0.15) is 11.3 Å². The van der Waals surface area contributed by atoms with Gasteiger partial charge in [0.25, 0.3) is 0 Å². The minimum atomic E-state index is -0.245. The molecule has 112 valence electrons. The number of aromatic nitrogens is 3. The molecule has 0 spiro atoms. The topological polar surface area (TPSA) is 50.9 Å². The summed E-state index contributed by atoms with van der Waals surface area (Å²) in [7, 11) is 0. The van der Waals surface area contributed by atoms with Crippen LogP contribution in [-0.2, 0) is 13.0 Å². The standard InChI is InChI=1S/C17H16FN3O/c18-15-3-1-13(2-4-15)11-16-12-17(20-21(16)9-10-22)14-5-7-19-8-6-14/h1-8,12,22H,9-11H2. The first-order valence-electron chi connectivity index (χ1n) is 7.08. The molecule has 0 fully saturated rings. The van der Waals surface area contributed by atoms with E-state index in [9.17, 15) is 9.50 Å². The summed E-state index contributed by atoms with van der Waals surface area (Å²) in [4.78, 5) is 4.00. The van der Waals surface area contributed by atoms with Crippen molar-refractivity contribution in [3.63, 3.8) is 0 Å². The first-order chi connectivity index (χ1) is 10.8. The van der Waals surface area contributed by atoms with Crippen molar-refractivity contribution in [3.8, 4) is 11.3 Å². The summed E-state index contributed by atoms with van der Waals surface area (Å²) in [6.07, 6.45) is 4.08. The molecule has 0 aliphatic heterocycles. The fraction of sp³-hybridized carbons (Fsp3) is 0.176. The molecule has 0 saturated carbocycles. The van der Waals surface area contributed by atoms with Crippen LogP contribution < -0.4 is 0 Å². The van der Waals surface area contributed by atoms with E-state index >= 15 is 0 Å². The van der Waals surface area contributed by atoms with Crippen LogP contribution in [0.5, 0.6) is 0 Å². The monoisotopic (exact) mass is 297 g/mol. The molecule has 5 heteroatoms. The molecule has 0 amide bonds. The van der Waals surface area contributed by atoms with Crippen LogP contribution in [0.3, 0.4) is 0 Å². The average molecular weight is 297 g/mol. The smallest absolute Gasteiger partial charge is 0.123 e. The Hall–Kier alpha value is -2.53. The number of hydrogen-bond acceptors (Lipinski definition) is 3. The van der Waals surface area contributed by atoms with Gasteiger partial charge in [0, 0.05) is 30.1 Å². The van der Waals surface area contributed by atoms with Gasteiger partial charge in [-0.15, -0.1) is 0 Å². The van der Waals surface area contributed by atoms with Crippen molar-refractivity contribution in [2.24, 2.45) is 0 Å². The lowest BCUT2D eigenvalue weighted by atomic mass is 10.1. The summed E-state index contributed by atoms with van der Waals surface area (Å²) in [6, 6.07) is 12.2. The Morgan fingerprint density at radius 1 is 1.05 bits per heavy atom. The van der Waals surface area contributed by atoms with Crippen molar-refractivity contribution in [2.45, 2.75) is 13.0 Å². The Morgan fingerprint density at radius 3 is 2.45 bits per heavy atom. The summed E-state index contributed by atoms with van der Waals surface area (Å²) in [6.45, 7) is 0.454. The largest absolute Gasteiger partial charge is 0.394 e. The third-order valence-electron chi connectivity index (χ3n) is 3.45. The van der Waals surface area contributed by atoms with E-state index in [1.807, 2.05) is 18.2 Å². The van der Waals surface area contributed by atoms with E-state index in [0.717, 1.165) is 22.5 Å². The molecule has 0 aliphatic rings. The van der Waals surface area contributed by atoms with Crippen molar-refractivity contribution in [1.82, 2.24) is 14.8 Å². The summed E-state index contributed by atoms with van der Waals surface area (Å²) < 4.78 is 14.8. The normalized spacial score (nSPS) is 10.8. The Bertz CT molecular complexity index is 738. The molecule has 22 heavy (non-hydrogen) atoms. The first kappa shape index (κ1) is 14.4. The lowest BCUT2D eigenvalue weighted by molar-refractivity contribution is 0.267. The van der Waals surface area contributed by atoms with Crippen LogP contribution in [0.15, 0.2) is 54.9 Å². The Kier molecular flexibility index (Phi) is 4.25. The van der Waals surface area contributed by atoms with E-state index in [1.54, 1.807) is 29.2 Å². The summed E-state index contributed by atoms with van der Waals surface area (Å²) in [5, 5.41) is 13.7. The predicted octanol–water partition coefficient (Wildman–Crippen LogP) is 2.67. The van der Waals surface area contributed by atoms with Crippen molar-refractivity contribution < 1.29 is 9.50 Å². The van der Waals surface area contributed by atoms with Crippen LogP contribution in [0.2, 0.25) is 0 Å². The molecule has 0 unspecified atom stereocenters. The number of aliphatic hydroxyl groups is 1. The van der Waals surface area contributed by atoms with E-state index < -0.39 is 0 Å². The van der Waals surface area contributed by atoms with Gasteiger partial charge in [0.1, 0.15) is 5.82 Å². The quantitative estimate of drug-likeness (QED) is 0.787. The molecular weight excluding hydrogens is 281 g/mol. The zero-order chi connectivity index (χ0) is 15.4. The number of hydrogen-bond donors (Lipinski definition) is 1. The molecule has 3 aromatic rings. The van der Waals surface area contributed by atoms with Crippen molar-refractivity contribution in [2.75, 3.05) is 6.61 Å². The van der Waals surface area contributed by atoms with Crippen LogP contribution in [-0.4, -0.2) is 26.5 Å².